The first-order valence-electron chi connectivity index (χ1n) is 5.43. The van der Waals surface area contributed by atoms with E-state index in [0.29, 0.717) is 12.3 Å². The summed E-state index contributed by atoms with van der Waals surface area (Å²) in [4.78, 5) is 19.8. The summed E-state index contributed by atoms with van der Waals surface area (Å²) in [5.74, 6) is 0. The lowest BCUT2D eigenvalue weighted by Crippen LogP contribution is -2.14. The standard InChI is InChI=1S/C11H8F3N3O3S/c1-21(19,20)10-16-7(4-8(17-10)11(12,13)14)6-2-3-9(18)15-5-6/h2-5H,1H3,(H,15,18). The van der Waals surface area contributed by atoms with Gasteiger partial charge in [0.25, 0.3) is 0 Å². The number of halogens is 3. The van der Waals surface area contributed by atoms with E-state index in [1.165, 1.54) is 6.07 Å². The van der Waals surface area contributed by atoms with E-state index in [1.54, 1.807) is 0 Å². The maximum atomic E-state index is 12.8. The quantitative estimate of drug-likeness (QED) is 0.841. The van der Waals surface area contributed by atoms with Crippen LogP contribution in [0.2, 0.25) is 0 Å². The molecule has 0 saturated carbocycles. The number of aromatic amines is 1. The Labute approximate surface area is 116 Å². The van der Waals surface area contributed by atoms with Crippen molar-refractivity contribution in [2.24, 2.45) is 0 Å². The van der Waals surface area contributed by atoms with Crippen molar-refractivity contribution in [2.45, 2.75) is 11.3 Å². The first-order valence-corrected chi connectivity index (χ1v) is 7.32. The molecule has 0 aromatic carbocycles. The first-order chi connectivity index (χ1) is 9.57. The highest BCUT2D eigenvalue weighted by molar-refractivity contribution is 7.90. The SMILES string of the molecule is CS(=O)(=O)c1nc(-c2ccc(=O)[nH]c2)cc(C(F)(F)F)n1. The van der Waals surface area contributed by atoms with Gasteiger partial charge in [-0.05, 0) is 12.1 Å². The van der Waals surface area contributed by atoms with Gasteiger partial charge in [0.2, 0.25) is 20.6 Å². The largest absolute Gasteiger partial charge is 0.433 e. The van der Waals surface area contributed by atoms with Gasteiger partial charge in [0.15, 0.2) is 0 Å². The summed E-state index contributed by atoms with van der Waals surface area (Å²) in [6, 6.07) is 2.93. The van der Waals surface area contributed by atoms with E-state index in [9.17, 15) is 26.4 Å². The van der Waals surface area contributed by atoms with Crippen LogP contribution in [0.3, 0.4) is 0 Å². The highest BCUT2D eigenvalue weighted by Crippen LogP contribution is 2.30. The number of alkyl halides is 3. The molecule has 2 rings (SSSR count). The van der Waals surface area contributed by atoms with Gasteiger partial charge in [-0.1, -0.05) is 0 Å². The lowest BCUT2D eigenvalue weighted by molar-refractivity contribution is -0.141. The van der Waals surface area contributed by atoms with Crippen LogP contribution >= 0.6 is 0 Å². The van der Waals surface area contributed by atoms with Gasteiger partial charge in [-0.2, -0.15) is 13.2 Å². The Morgan fingerprint density at radius 3 is 2.33 bits per heavy atom. The maximum Gasteiger partial charge on any atom is 0.433 e. The molecule has 0 fully saturated rings. The number of aromatic nitrogens is 3. The summed E-state index contributed by atoms with van der Waals surface area (Å²) >= 11 is 0. The molecule has 6 nitrogen and oxygen atoms in total. The molecule has 0 aliphatic rings. The minimum absolute atomic E-state index is 0.132. The van der Waals surface area contributed by atoms with Gasteiger partial charge in [0.1, 0.15) is 5.69 Å². The van der Waals surface area contributed by atoms with E-state index >= 15 is 0 Å². The van der Waals surface area contributed by atoms with Crippen molar-refractivity contribution in [2.75, 3.05) is 6.26 Å². The average molecular weight is 319 g/mol. The predicted molar refractivity (Wildman–Crippen MR) is 66.2 cm³/mol. The third kappa shape index (κ3) is 3.45. The van der Waals surface area contributed by atoms with Crippen LogP contribution in [0, 0.1) is 0 Å². The second-order valence-corrected chi connectivity index (χ2v) is 6.04. The van der Waals surface area contributed by atoms with E-state index in [-0.39, 0.29) is 11.3 Å². The summed E-state index contributed by atoms with van der Waals surface area (Å²) < 4.78 is 61.1. The molecule has 0 atom stereocenters. The van der Waals surface area contributed by atoms with Gasteiger partial charge in [0.05, 0.1) is 5.69 Å². The van der Waals surface area contributed by atoms with Crippen molar-refractivity contribution in [3.05, 3.63) is 40.4 Å². The molecule has 1 N–H and O–H groups in total. The van der Waals surface area contributed by atoms with Crippen molar-refractivity contribution in [1.82, 2.24) is 15.0 Å². The molecule has 10 heteroatoms. The summed E-state index contributed by atoms with van der Waals surface area (Å²) in [6.45, 7) is 0. The summed E-state index contributed by atoms with van der Waals surface area (Å²) in [5, 5.41) is -0.932. The predicted octanol–water partition coefficient (Wildman–Crippen LogP) is 1.25. The molecule has 2 aromatic rings. The van der Waals surface area contributed by atoms with E-state index in [4.69, 9.17) is 0 Å². The van der Waals surface area contributed by atoms with Gasteiger partial charge in [-0.3, -0.25) is 4.79 Å². The molecule has 0 saturated heterocycles. The average Bonchev–Trinajstić information content (AvgIpc) is 2.37. The fraction of sp³-hybridized carbons (Fsp3) is 0.182. The molecule has 0 amide bonds. The maximum absolute atomic E-state index is 12.8. The lowest BCUT2D eigenvalue weighted by atomic mass is 10.2. The Balaban J connectivity index is 2.71. The second kappa shape index (κ2) is 4.95. The Hall–Kier alpha value is -2.23. The Kier molecular flexibility index (Phi) is 3.58. The Morgan fingerprint density at radius 2 is 1.86 bits per heavy atom. The smallest absolute Gasteiger partial charge is 0.328 e. The van der Waals surface area contributed by atoms with Gasteiger partial charge in [0, 0.05) is 24.1 Å². The number of hydrogen-bond donors (Lipinski definition) is 1. The van der Waals surface area contributed by atoms with Crippen molar-refractivity contribution in [1.29, 1.82) is 0 Å². The lowest BCUT2D eigenvalue weighted by Gasteiger charge is -2.09. The van der Waals surface area contributed by atoms with Crippen LogP contribution in [0.1, 0.15) is 5.69 Å². The van der Waals surface area contributed by atoms with E-state index < -0.39 is 32.4 Å². The number of hydrogen-bond acceptors (Lipinski definition) is 5. The third-order valence-electron chi connectivity index (χ3n) is 2.41. The van der Waals surface area contributed by atoms with E-state index in [0.717, 1.165) is 12.3 Å². The summed E-state index contributed by atoms with van der Waals surface area (Å²) in [5.41, 5.74) is -1.95. The van der Waals surface area contributed by atoms with E-state index in [2.05, 4.69) is 15.0 Å². The number of pyridine rings is 1. The van der Waals surface area contributed by atoms with Crippen molar-refractivity contribution in [3.63, 3.8) is 0 Å². The zero-order chi connectivity index (χ0) is 15.8. The fourth-order valence-corrected chi connectivity index (χ4v) is 1.98. The zero-order valence-corrected chi connectivity index (χ0v) is 11.3. The molecule has 0 aliphatic heterocycles. The van der Waals surface area contributed by atoms with Gasteiger partial charge in [-0.25, -0.2) is 18.4 Å². The molecule has 112 valence electrons. The molecular weight excluding hydrogens is 311 g/mol. The fourth-order valence-electron chi connectivity index (χ4n) is 1.45. The number of nitrogens with zero attached hydrogens (tertiary/aromatic N) is 2. The second-order valence-electron chi connectivity index (χ2n) is 4.13. The van der Waals surface area contributed by atoms with Crippen LogP contribution < -0.4 is 5.56 Å². The van der Waals surface area contributed by atoms with Gasteiger partial charge < -0.3 is 4.98 Å². The van der Waals surface area contributed by atoms with Gasteiger partial charge >= 0.3 is 6.18 Å². The minimum atomic E-state index is -4.82. The van der Waals surface area contributed by atoms with Crippen molar-refractivity contribution in [3.8, 4) is 11.3 Å². The van der Waals surface area contributed by atoms with E-state index in [1.807, 2.05) is 0 Å². The molecule has 0 radical (unpaired) electrons. The normalized spacial score (nSPS) is 12.4. The van der Waals surface area contributed by atoms with Crippen LogP contribution in [0.4, 0.5) is 13.2 Å². The molecule has 0 unspecified atom stereocenters. The van der Waals surface area contributed by atoms with Crippen LogP contribution in [0.5, 0.6) is 0 Å². The topological polar surface area (TPSA) is 92.8 Å². The number of rotatable bonds is 2. The number of nitrogens with one attached hydrogen (secondary N) is 1. The molecule has 21 heavy (non-hydrogen) atoms. The van der Waals surface area contributed by atoms with Crippen molar-refractivity contribution < 1.29 is 21.6 Å². The number of sulfone groups is 1. The summed E-state index contributed by atoms with van der Waals surface area (Å²) in [7, 11) is -4.02. The van der Waals surface area contributed by atoms with Crippen LogP contribution in [0.15, 0.2) is 34.3 Å². The minimum Gasteiger partial charge on any atom is -0.328 e. The van der Waals surface area contributed by atoms with Crippen molar-refractivity contribution >= 4 is 9.84 Å². The van der Waals surface area contributed by atoms with Crippen LogP contribution in [-0.4, -0.2) is 29.6 Å². The molecule has 0 aliphatic carbocycles. The molecule has 0 spiro atoms. The zero-order valence-electron chi connectivity index (χ0n) is 10.5. The molecule has 2 aromatic heterocycles. The van der Waals surface area contributed by atoms with Gasteiger partial charge in [-0.15, -0.1) is 0 Å². The molecule has 0 bridgehead atoms. The molecular formula is C11H8F3N3O3S. The molecule has 2 heterocycles. The van der Waals surface area contributed by atoms with Crippen LogP contribution in [-0.2, 0) is 16.0 Å². The third-order valence-corrected chi connectivity index (χ3v) is 3.25. The number of H-pyrrole nitrogens is 1. The highest BCUT2D eigenvalue weighted by atomic mass is 32.2. The Morgan fingerprint density at radius 1 is 1.19 bits per heavy atom. The Bertz CT molecular complexity index is 823. The van der Waals surface area contributed by atoms with Crippen LogP contribution in [0.25, 0.3) is 11.3 Å². The monoisotopic (exact) mass is 319 g/mol. The summed E-state index contributed by atoms with van der Waals surface area (Å²) in [6.07, 6.45) is -2.98. The highest BCUT2D eigenvalue weighted by Gasteiger charge is 2.34. The first kappa shape index (κ1) is 15.2.